The SMILES string of the molecule is CCc1nc(S/C(=C/c2ccc(N3CCOCC3)c([N+](=O)[O-])c2)C(=O)O)n[nH]1. The van der Waals surface area contributed by atoms with E-state index in [1.807, 2.05) is 11.8 Å². The smallest absolute Gasteiger partial charge is 0.342 e. The highest BCUT2D eigenvalue weighted by Gasteiger charge is 2.22. The molecule has 1 saturated heterocycles. The van der Waals surface area contributed by atoms with Gasteiger partial charge in [0.05, 0.1) is 18.1 Å². The number of carboxylic acids is 1. The van der Waals surface area contributed by atoms with E-state index < -0.39 is 10.9 Å². The van der Waals surface area contributed by atoms with Crippen LogP contribution in [0.3, 0.4) is 0 Å². The number of nitro groups is 1. The first-order valence-electron chi connectivity index (χ1n) is 8.63. The minimum Gasteiger partial charge on any atom is -0.477 e. The second kappa shape index (κ2) is 8.85. The first kappa shape index (κ1) is 19.8. The van der Waals surface area contributed by atoms with Crippen LogP contribution in [0.15, 0.2) is 28.3 Å². The highest BCUT2D eigenvalue weighted by atomic mass is 32.2. The van der Waals surface area contributed by atoms with Crippen LogP contribution in [0.4, 0.5) is 11.4 Å². The van der Waals surface area contributed by atoms with Crippen LogP contribution in [0.1, 0.15) is 18.3 Å². The second-order valence-electron chi connectivity index (χ2n) is 5.94. The first-order chi connectivity index (χ1) is 13.5. The van der Waals surface area contributed by atoms with Gasteiger partial charge in [-0.25, -0.2) is 9.78 Å². The lowest BCUT2D eigenvalue weighted by Gasteiger charge is -2.28. The zero-order valence-corrected chi connectivity index (χ0v) is 15.9. The fourth-order valence-electron chi connectivity index (χ4n) is 2.71. The summed E-state index contributed by atoms with van der Waals surface area (Å²) in [5, 5.41) is 28.0. The molecule has 28 heavy (non-hydrogen) atoms. The van der Waals surface area contributed by atoms with Crippen molar-refractivity contribution in [2.24, 2.45) is 0 Å². The van der Waals surface area contributed by atoms with Crippen LogP contribution in [0.5, 0.6) is 0 Å². The van der Waals surface area contributed by atoms with Gasteiger partial charge in [-0.15, -0.1) is 5.10 Å². The van der Waals surface area contributed by atoms with Crippen LogP contribution in [-0.2, 0) is 16.0 Å². The zero-order chi connectivity index (χ0) is 20.1. The third-order valence-corrected chi connectivity index (χ3v) is 4.98. The Labute approximate surface area is 164 Å². The van der Waals surface area contributed by atoms with Crippen molar-refractivity contribution in [1.29, 1.82) is 0 Å². The predicted molar refractivity (Wildman–Crippen MR) is 103 cm³/mol. The van der Waals surface area contributed by atoms with Gasteiger partial charge in [0, 0.05) is 25.6 Å². The zero-order valence-electron chi connectivity index (χ0n) is 15.1. The van der Waals surface area contributed by atoms with E-state index >= 15 is 0 Å². The van der Waals surface area contributed by atoms with Crippen LogP contribution < -0.4 is 4.90 Å². The molecule has 2 heterocycles. The van der Waals surface area contributed by atoms with Crippen molar-refractivity contribution in [2.45, 2.75) is 18.5 Å². The Balaban J connectivity index is 1.90. The number of hydrogen-bond acceptors (Lipinski definition) is 8. The molecular formula is C17H19N5O5S. The molecule has 148 valence electrons. The summed E-state index contributed by atoms with van der Waals surface area (Å²) in [5.74, 6) is -0.509. The van der Waals surface area contributed by atoms with Crippen molar-refractivity contribution in [3.63, 3.8) is 0 Å². The lowest BCUT2D eigenvalue weighted by molar-refractivity contribution is -0.384. The van der Waals surface area contributed by atoms with Crippen molar-refractivity contribution in [3.05, 3.63) is 44.6 Å². The molecule has 1 aromatic carbocycles. The number of anilines is 1. The average molecular weight is 405 g/mol. The van der Waals surface area contributed by atoms with Gasteiger partial charge in [0.1, 0.15) is 16.4 Å². The third kappa shape index (κ3) is 4.67. The second-order valence-corrected chi connectivity index (χ2v) is 6.95. The minimum atomic E-state index is -1.16. The van der Waals surface area contributed by atoms with Gasteiger partial charge < -0.3 is 14.7 Å². The van der Waals surface area contributed by atoms with Gasteiger partial charge >= 0.3 is 5.97 Å². The van der Waals surface area contributed by atoms with E-state index in [4.69, 9.17) is 4.74 Å². The molecule has 2 aromatic rings. The fourth-order valence-corrected chi connectivity index (χ4v) is 3.44. The molecule has 0 bridgehead atoms. The number of H-pyrrole nitrogens is 1. The predicted octanol–water partition coefficient (Wildman–Crippen LogP) is 2.33. The number of nitro benzene ring substituents is 1. The molecule has 0 aliphatic carbocycles. The van der Waals surface area contributed by atoms with E-state index in [0.717, 1.165) is 11.8 Å². The lowest BCUT2D eigenvalue weighted by atomic mass is 10.1. The molecule has 3 rings (SSSR count). The maximum absolute atomic E-state index is 11.6. The molecule has 0 saturated carbocycles. The minimum absolute atomic E-state index is 0.0323. The van der Waals surface area contributed by atoms with Crippen molar-refractivity contribution < 1.29 is 19.6 Å². The number of carbonyl (C=O) groups is 1. The normalized spacial score (nSPS) is 14.9. The molecule has 0 amide bonds. The Hall–Kier alpha value is -2.92. The summed E-state index contributed by atoms with van der Waals surface area (Å²) < 4.78 is 5.29. The third-order valence-electron chi connectivity index (χ3n) is 4.10. The number of nitrogens with zero attached hydrogens (tertiary/aromatic N) is 4. The molecule has 1 aromatic heterocycles. The molecule has 1 aliphatic heterocycles. The van der Waals surface area contributed by atoms with Gasteiger partial charge in [-0.05, 0) is 29.5 Å². The van der Waals surface area contributed by atoms with E-state index in [9.17, 15) is 20.0 Å². The molecule has 0 spiro atoms. The highest BCUT2D eigenvalue weighted by Crippen LogP contribution is 2.32. The maximum atomic E-state index is 11.6. The van der Waals surface area contributed by atoms with Gasteiger partial charge in [-0.3, -0.25) is 15.2 Å². The van der Waals surface area contributed by atoms with E-state index in [1.54, 1.807) is 12.1 Å². The number of benzene rings is 1. The van der Waals surface area contributed by atoms with Crippen molar-refractivity contribution in [2.75, 3.05) is 31.2 Å². The number of aliphatic carboxylic acids is 1. The summed E-state index contributed by atoms with van der Waals surface area (Å²) in [6.45, 7) is 4.05. The Morgan fingerprint density at radius 2 is 2.21 bits per heavy atom. The van der Waals surface area contributed by atoms with E-state index in [2.05, 4.69) is 15.2 Å². The van der Waals surface area contributed by atoms with Crippen LogP contribution >= 0.6 is 11.8 Å². The van der Waals surface area contributed by atoms with Crippen LogP contribution in [0.25, 0.3) is 6.08 Å². The van der Waals surface area contributed by atoms with E-state index in [-0.39, 0.29) is 15.7 Å². The highest BCUT2D eigenvalue weighted by molar-refractivity contribution is 8.04. The molecule has 11 heteroatoms. The Morgan fingerprint density at radius 1 is 1.46 bits per heavy atom. The molecule has 0 unspecified atom stereocenters. The molecule has 0 radical (unpaired) electrons. The number of carboxylic acid groups (broad SMARTS) is 1. The number of rotatable bonds is 7. The number of aryl methyl sites for hydroxylation is 1. The Kier molecular flexibility index (Phi) is 6.26. The monoisotopic (exact) mass is 405 g/mol. The van der Waals surface area contributed by atoms with Crippen LogP contribution in [0, 0.1) is 10.1 Å². The lowest BCUT2D eigenvalue weighted by Crippen LogP contribution is -2.36. The fraction of sp³-hybridized carbons (Fsp3) is 0.353. The summed E-state index contributed by atoms with van der Waals surface area (Å²) in [6, 6.07) is 4.68. The standard InChI is InChI=1S/C17H19N5O5S/c1-2-15-18-17(20-19-15)28-14(16(23)24)10-11-3-4-12(13(9-11)22(25)26)21-5-7-27-8-6-21/h3-4,9-10H,2,5-8H2,1H3,(H,23,24)(H,18,19,20)/b14-10+. The van der Waals surface area contributed by atoms with Crippen LogP contribution in [0.2, 0.25) is 0 Å². The largest absolute Gasteiger partial charge is 0.477 e. The topological polar surface area (TPSA) is 134 Å². The molecule has 1 aliphatic rings. The van der Waals surface area contributed by atoms with Crippen molar-refractivity contribution >= 4 is 35.2 Å². The first-order valence-corrected chi connectivity index (χ1v) is 9.45. The van der Waals surface area contributed by atoms with Crippen LogP contribution in [-0.4, -0.2) is 57.5 Å². The molecule has 1 fully saturated rings. The molecule has 10 nitrogen and oxygen atoms in total. The van der Waals surface area contributed by atoms with Gasteiger partial charge in [0.25, 0.3) is 5.69 Å². The van der Waals surface area contributed by atoms with Gasteiger partial charge in [-0.1, -0.05) is 13.0 Å². The van der Waals surface area contributed by atoms with Gasteiger partial charge in [0.15, 0.2) is 0 Å². The number of hydrogen-bond donors (Lipinski definition) is 2. The summed E-state index contributed by atoms with van der Waals surface area (Å²) >= 11 is 0.886. The van der Waals surface area contributed by atoms with E-state index in [1.165, 1.54) is 12.1 Å². The molecular weight excluding hydrogens is 386 g/mol. The number of aromatic nitrogens is 3. The van der Waals surface area contributed by atoms with E-state index in [0.29, 0.717) is 49.8 Å². The maximum Gasteiger partial charge on any atom is 0.342 e. The summed E-state index contributed by atoms with van der Waals surface area (Å²) in [6.07, 6.45) is 2.03. The number of nitrogens with one attached hydrogen (secondary N) is 1. The summed E-state index contributed by atoms with van der Waals surface area (Å²) in [7, 11) is 0. The van der Waals surface area contributed by atoms with Gasteiger partial charge in [0.2, 0.25) is 5.16 Å². The number of morpholine rings is 1. The van der Waals surface area contributed by atoms with Crippen molar-refractivity contribution in [3.8, 4) is 0 Å². The molecule has 0 atom stereocenters. The average Bonchev–Trinajstić information content (AvgIpc) is 3.15. The molecule has 2 N–H and O–H groups in total. The van der Waals surface area contributed by atoms with Gasteiger partial charge in [-0.2, -0.15) is 0 Å². The number of aromatic amines is 1. The quantitative estimate of drug-likeness (QED) is 0.308. The summed E-state index contributed by atoms with van der Waals surface area (Å²) in [4.78, 5) is 28.7. The summed E-state index contributed by atoms with van der Waals surface area (Å²) in [5.41, 5.74) is 0.841. The number of thioether (sulfide) groups is 1. The Morgan fingerprint density at radius 3 is 2.82 bits per heavy atom. The van der Waals surface area contributed by atoms with Crippen molar-refractivity contribution in [1.82, 2.24) is 15.2 Å². The number of ether oxygens (including phenoxy) is 1. The Bertz CT molecular complexity index is 907.